The van der Waals surface area contributed by atoms with Crippen LogP contribution in [0, 0.1) is 13.8 Å². The first-order chi connectivity index (χ1) is 12.8. The summed E-state index contributed by atoms with van der Waals surface area (Å²) in [5, 5.41) is 5.78. The van der Waals surface area contributed by atoms with Crippen molar-refractivity contribution < 1.29 is 33.1 Å². The lowest BCUT2D eigenvalue weighted by molar-refractivity contribution is -0.128. The Morgan fingerprint density at radius 1 is 1.26 bits per heavy atom. The van der Waals surface area contributed by atoms with Gasteiger partial charge in [-0.2, -0.15) is 0 Å². The summed E-state index contributed by atoms with van der Waals surface area (Å²) in [6, 6.07) is 6.32. The largest absolute Gasteiger partial charge is 0.489 e. The van der Waals surface area contributed by atoms with Gasteiger partial charge in [-0.05, 0) is 39.0 Å². The zero-order chi connectivity index (χ0) is 20.0. The lowest BCUT2D eigenvalue weighted by atomic mass is 10.2. The summed E-state index contributed by atoms with van der Waals surface area (Å²) >= 11 is 0. The predicted octanol–water partition coefficient (Wildman–Crippen LogP) is 2.30. The SMILES string of the molecule is COC(=O)NC(=O)[C@@H](C)OC(=O)c1cccc(OCc2c(C)noc2C)c1. The van der Waals surface area contributed by atoms with Gasteiger partial charge in [-0.15, -0.1) is 0 Å². The van der Waals surface area contributed by atoms with E-state index < -0.39 is 24.1 Å². The van der Waals surface area contributed by atoms with Crippen molar-refractivity contribution in [2.24, 2.45) is 0 Å². The second-order valence-electron chi connectivity index (χ2n) is 5.65. The molecule has 1 N–H and O–H groups in total. The maximum atomic E-state index is 12.2. The molecule has 9 heteroatoms. The number of rotatable bonds is 6. The molecule has 0 aliphatic rings. The average Bonchev–Trinajstić information content (AvgIpc) is 2.97. The van der Waals surface area contributed by atoms with E-state index in [0.29, 0.717) is 11.5 Å². The number of aromatic nitrogens is 1. The fraction of sp³-hybridized carbons (Fsp3) is 0.333. The molecule has 0 aliphatic carbocycles. The molecule has 1 aromatic heterocycles. The molecule has 0 spiro atoms. The number of alkyl carbamates (subject to hydrolysis) is 1. The van der Waals surface area contributed by atoms with Gasteiger partial charge in [0.1, 0.15) is 18.1 Å². The lowest BCUT2D eigenvalue weighted by Crippen LogP contribution is -2.39. The van der Waals surface area contributed by atoms with E-state index in [1.165, 1.54) is 19.1 Å². The van der Waals surface area contributed by atoms with E-state index in [-0.39, 0.29) is 12.2 Å². The number of imide groups is 1. The average molecular weight is 376 g/mol. The summed E-state index contributed by atoms with van der Waals surface area (Å²) in [4.78, 5) is 34.9. The molecule has 9 nitrogen and oxygen atoms in total. The topological polar surface area (TPSA) is 117 Å². The summed E-state index contributed by atoms with van der Waals surface area (Å²) in [6.45, 7) is 5.17. The molecule has 1 heterocycles. The van der Waals surface area contributed by atoms with Crippen molar-refractivity contribution in [3.63, 3.8) is 0 Å². The molecule has 0 saturated carbocycles. The van der Waals surface area contributed by atoms with Crippen LogP contribution in [0.3, 0.4) is 0 Å². The van der Waals surface area contributed by atoms with Crippen LogP contribution in [0.25, 0.3) is 0 Å². The second kappa shape index (κ2) is 8.84. The number of nitrogens with one attached hydrogen (secondary N) is 1. The molecule has 0 saturated heterocycles. The number of carbonyl (C=O) groups is 3. The first kappa shape index (κ1) is 20.0. The van der Waals surface area contributed by atoms with Gasteiger partial charge in [0.05, 0.1) is 23.9 Å². The summed E-state index contributed by atoms with van der Waals surface area (Å²) in [5.41, 5.74) is 1.76. The van der Waals surface area contributed by atoms with Crippen LogP contribution in [0.1, 0.15) is 34.3 Å². The van der Waals surface area contributed by atoms with Crippen LogP contribution in [0.15, 0.2) is 28.8 Å². The van der Waals surface area contributed by atoms with Crippen LogP contribution in [0.5, 0.6) is 5.75 Å². The lowest BCUT2D eigenvalue weighted by Gasteiger charge is -2.13. The van der Waals surface area contributed by atoms with Crippen molar-refractivity contribution in [2.75, 3.05) is 7.11 Å². The number of methoxy groups -OCH3 is 1. The summed E-state index contributed by atoms with van der Waals surface area (Å²) in [7, 11) is 1.12. The second-order valence-corrected chi connectivity index (χ2v) is 5.65. The van der Waals surface area contributed by atoms with Gasteiger partial charge in [-0.25, -0.2) is 9.59 Å². The van der Waals surface area contributed by atoms with Crippen LogP contribution >= 0.6 is 0 Å². The monoisotopic (exact) mass is 376 g/mol. The number of aryl methyl sites for hydroxylation is 2. The van der Waals surface area contributed by atoms with Crippen molar-refractivity contribution in [1.29, 1.82) is 0 Å². The normalized spacial score (nSPS) is 11.4. The Kier molecular flexibility index (Phi) is 6.53. The standard InChI is InChI=1S/C18H20N2O7/c1-10-15(11(2)27-20-10)9-25-14-7-5-6-13(8-14)17(22)26-12(3)16(21)19-18(23)24-4/h5-8,12H,9H2,1-4H3,(H,19,21,23)/t12-/m1/s1. The highest BCUT2D eigenvalue weighted by molar-refractivity contribution is 5.97. The van der Waals surface area contributed by atoms with Gasteiger partial charge in [0.2, 0.25) is 0 Å². The van der Waals surface area contributed by atoms with E-state index in [0.717, 1.165) is 18.4 Å². The molecule has 27 heavy (non-hydrogen) atoms. The summed E-state index contributed by atoms with van der Waals surface area (Å²) in [6.07, 6.45) is -2.11. The van der Waals surface area contributed by atoms with Gasteiger partial charge < -0.3 is 18.7 Å². The predicted molar refractivity (Wildman–Crippen MR) is 92.2 cm³/mol. The first-order valence-electron chi connectivity index (χ1n) is 8.06. The van der Waals surface area contributed by atoms with Gasteiger partial charge >= 0.3 is 12.1 Å². The minimum Gasteiger partial charge on any atom is -0.489 e. The van der Waals surface area contributed by atoms with Crippen LogP contribution in [0.2, 0.25) is 0 Å². The van der Waals surface area contributed by atoms with Crippen LogP contribution in [-0.4, -0.2) is 36.3 Å². The zero-order valence-electron chi connectivity index (χ0n) is 15.4. The smallest absolute Gasteiger partial charge is 0.413 e. The fourth-order valence-electron chi connectivity index (χ4n) is 2.11. The van der Waals surface area contributed by atoms with Crippen LogP contribution in [-0.2, 0) is 20.9 Å². The molecule has 0 aliphatic heterocycles. The zero-order valence-corrected chi connectivity index (χ0v) is 15.4. The Morgan fingerprint density at radius 3 is 2.63 bits per heavy atom. The summed E-state index contributed by atoms with van der Waals surface area (Å²) < 4.78 is 20.1. The molecule has 2 aromatic rings. The van der Waals surface area contributed by atoms with Crippen molar-refractivity contribution in [2.45, 2.75) is 33.5 Å². The number of esters is 1. The van der Waals surface area contributed by atoms with E-state index in [4.69, 9.17) is 14.0 Å². The number of ether oxygens (including phenoxy) is 3. The number of benzene rings is 1. The molecule has 2 rings (SSSR count). The van der Waals surface area contributed by atoms with Crippen molar-refractivity contribution in [3.05, 3.63) is 46.8 Å². The molecular formula is C18H20N2O7. The van der Waals surface area contributed by atoms with Crippen LogP contribution in [0.4, 0.5) is 4.79 Å². The van der Waals surface area contributed by atoms with Crippen LogP contribution < -0.4 is 10.1 Å². The van der Waals surface area contributed by atoms with Crippen molar-refractivity contribution in [1.82, 2.24) is 10.5 Å². The molecule has 0 unspecified atom stereocenters. The molecular weight excluding hydrogens is 356 g/mol. The minimum atomic E-state index is -1.18. The van der Waals surface area contributed by atoms with Crippen molar-refractivity contribution >= 4 is 18.0 Å². The number of amides is 2. The van der Waals surface area contributed by atoms with E-state index in [1.54, 1.807) is 19.1 Å². The third-order valence-corrected chi connectivity index (χ3v) is 3.70. The van der Waals surface area contributed by atoms with E-state index in [2.05, 4.69) is 9.89 Å². The van der Waals surface area contributed by atoms with Gasteiger partial charge in [-0.3, -0.25) is 10.1 Å². The molecule has 0 fully saturated rings. The maximum Gasteiger partial charge on any atom is 0.413 e. The molecule has 2 amide bonds. The Labute approximate surface area is 155 Å². The number of hydrogen-bond donors (Lipinski definition) is 1. The Balaban J connectivity index is 1.98. The maximum absolute atomic E-state index is 12.2. The molecule has 0 radical (unpaired) electrons. The van der Waals surface area contributed by atoms with E-state index >= 15 is 0 Å². The minimum absolute atomic E-state index is 0.198. The highest BCUT2D eigenvalue weighted by atomic mass is 16.6. The molecule has 144 valence electrons. The van der Waals surface area contributed by atoms with E-state index in [1.807, 2.05) is 12.2 Å². The van der Waals surface area contributed by atoms with Gasteiger partial charge in [-0.1, -0.05) is 11.2 Å². The Bertz CT molecular complexity index is 824. The number of hydrogen-bond acceptors (Lipinski definition) is 8. The molecule has 0 bridgehead atoms. The van der Waals surface area contributed by atoms with Gasteiger partial charge in [0, 0.05) is 0 Å². The Morgan fingerprint density at radius 2 is 2.00 bits per heavy atom. The quantitative estimate of drug-likeness (QED) is 0.763. The highest BCUT2D eigenvalue weighted by Crippen LogP contribution is 2.19. The number of carbonyl (C=O) groups excluding carboxylic acids is 3. The Hall–Kier alpha value is -3.36. The third kappa shape index (κ3) is 5.30. The van der Waals surface area contributed by atoms with Crippen molar-refractivity contribution in [3.8, 4) is 5.75 Å². The van der Waals surface area contributed by atoms with E-state index in [9.17, 15) is 14.4 Å². The fourth-order valence-corrected chi connectivity index (χ4v) is 2.11. The molecule has 1 aromatic carbocycles. The molecule has 1 atom stereocenters. The third-order valence-electron chi connectivity index (χ3n) is 3.70. The summed E-state index contributed by atoms with van der Waals surface area (Å²) in [5.74, 6) is -0.420. The number of nitrogens with zero attached hydrogens (tertiary/aromatic N) is 1. The first-order valence-corrected chi connectivity index (χ1v) is 8.06. The van der Waals surface area contributed by atoms with Gasteiger partial charge in [0.15, 0.2) is 6.10 Å². The van der Waals surface area contributed by atoms with Gasteiger partial charge in [0.25, 0.3) is 5.91 Å². The highest BCUT2D eigenvalue weighted by Gasteiger charge is 2.21.